The normalized spacial score (nSPS) is 9.68. The van der Waals surface area contributed by atoms with Crippen LogP contribution in [-0.4, -0.2) is 0 Å². The minimum absolute atomic E-state index is 0.179. The molecule has 0 bridgehead atoms. The first kappa shape index (κ1) is 12.6. The van der Waals surface area contributed by atoms with Gasteiger partial charge in [-0.25, -0.2) is 0 Å². The number of aryl methyl sites for hydroxylation is 3. The lowest BCUT2D eigenvalue weighted by Crippen LogP contribution is -1.99. The molecule has 90 valence electrons. The quantitative estimate of drug-likeness (QED) is 0.714. The topological polar surface area (TPSA) is 71.4 Å². The second-order valence-electron chi connectivity index (χ2n) is 4.52. The van der Waals surface area contributed by atoms with E-state index in [1.165, 1.54) is 0 Å². The van der Waals surface area contributed by atoms with E-state index in [0.29, 0.717) is 11.1 Å². The summed E-state index contributed by atoms with van der Waals surface area (Å²) in [6, 6.07) is 9.90. The summed E-state index contributed by atoms with van der Waals surface area (Å²) in [5.41, 5.74) is 3.70. The van der Waals surface area contributed by atoms with Crippen LogP contribution < -0.4 is 0 Å². The summed E-state index contributed by atoms with van der Waals surface area (Å²) < 4.78 is 0. The molecular formula is C16H11N3. The maximum atomic E-state index is 9.31. The Morgan fingerprint density at radius 2 is 1.32 bits per heavy atom. The summed E-state index contributed by atoms with van der Waals surface area (Å²) in [5.74, 6) is 0. The van der Waals surface area contributed by atoms with Crippen molar-refractivity contribution in [2.45, 2.75) is 20.8 Å². The molecule has 3 heteroatoms. The highest BCUT2D eigenvalue weighted by Crippen LogP contribution is 2.32. The van der Waals surface area contributed by atoms with Gasteiger partial charge in [-0.05, 0) is 42.8 Å². The van der Waals surface area contributed by atoms with Crippen LogP contribution in [0, 0.1) is 54.8 Å². The van der Waals surface area contributed by atoms with Gasteiger partial charge < -0.3 is 0 Å². The van der Waals surface area contributed by atoms with Gasteiger partial charge in [-0.3, -0.25) is 0 Å². The Morgan fingerprint density at radius 3 is 1.84 bits per heavy atom. The highest BCUT2D eigenvalue weighted by Gasteiger charge is 2.18. The largest absolute Gasteiger partial charge is 0.192 e. The minimum atomic E-state index is 0.179. The zero-order valence-corrected chi connectivity index (χ0v) is 11.0. The molecule has 0 heterocycles. The fourth-order valence-electron chi connectivity index (χ4n) is 2.45. The zero-order chi connectivity index (χ0) is 14.2. The molecule has 19 heavy (non-hydrogen) atoms. The van der Waals surface area contributed by atoms with Gasteiger partial charge in [0.2, 0.25) is 0 Å². The third-order valence-electron chi connectivity index (χ3n) is 3.59. The lowest BCUT2D eigenvalue weighted by molar-refractivity contribution is 1.32. The molecule has 0 radical (unpaired) electrons. The van der Waals surface area contributed by atoms with Crippen molar-refractivity contribution in [3.63, 3.8) is 0 Å². The average molecular weight is 245 g/mol. The minimum Gasteiger partial charge on any atom is -0.192 e. The van der Waals surface area contributed by atoms with Gasteiger partial charge in [-0.2, -0.15) is 15.8 Å². The van der Waals surface area contributed by atoms with Gasteiger partial charge in [0.15, 0.2) is 0 Å². The van der Waals surface area contributed by atoms with Crippen molar-refractivity contribution >= 4 is 10.8 Å². The third-order valence-corrected chi connectivity index (χ3v) is 3.59. The third kappa shape index (κ3) is 1.63. The van der Waals surface area contributed by atoms with Crippen LogP contribution >= 0.6 is 0 Å². The van der Waals surface area contributed by atoms with Crippen LogP contribution in [0.1, 0.15) is 33.4 Å². The van der Waals surface area contributed by atoms with E-state index in [9.17, 15) is 15.8 Å². The van der Waals surface area contributed by atoms with E-state index in [1.807, 2.05) is 39.0 Å². The molecule has 2 aromatic carbocycles. The van der Waals surface area contributed by atoms with Crippen LogP contribution in [0.5, 0.6) is 0 Å². The summed E-state index contributed by atoms with van der Waals surface area (Å²) in [4.78, 5) is 0. The van der Waals surface area contributed by atoms with Crippen LogP contribution in [0.3, 0.4) is 0 Å². The molecule has 0 aliphatic carbocycles. The van der Waals surface area contributed by atoms with Gasteiger partial charge in [0, 0.05) is 5.39 Å². The number of nitriles is 3. The van der Waals surface area contributed by atoms with Crippen molar-refractivity contribution in [1.29, 1.82) is 15.8 Å². The zero-order valence-electron chi connectivity index (χ0n) is 11.0. The summed E-state index contributed by atoms with van der Waals surface area (Å²) in [7, 11) is 0. The molecule has 2 aromatic rings. The van der Waals surface area contributed by atoms with Gasteiger partial charge in [-0.1, -0.05) is 12.1 Å². The molecule has 0 aliphatic rings. The van der Waals surface area contributed by atoms with Crippen LogP contribution in [-0.2, 0) is 0 Å². The van der Waals surface area contributed by atoms with E-state index in [-0.39, 0.29) is 5.56 Å². The van der Waals surface area contributed by atoms with Crippen LogP contribution in [0.25, 0.3) is 10.8 Å². The lowest BCUT2D eigenvalue weighted by atomic mass is 9.88. The van der Waals surface area contributed by atoms with E-state index in [1.54, 1.807) is 0 Å². The van der Waals surface area contributed by atoms with Gasteiger partial charge in [0.25, 0.3) is 0 Å². The van der Waals surface area contributed by atoms with E-state index in [0.717, 1.165) is 27.5 Å². The van der Waals surface area contributed by atoms with Crippen molar-refractivity contribution in [3.05, 3.63) is 45.5 Å². The van der Waals surface area contributed by atoms with Gasteiger partial charge in [-0.15, -0.1) is 0 Å². The van der Waals surface area contributed by atoms with Crippen molar-refractivity contribution in [1.82, 2.24) is 0 Å². The van der Waals surface area contributed by atoms with E-state index < -0.39 is 0 Å². The van der Waals surface area contributed by atoms with Crippen molar-refractivity contribution in [2.24, 2.45) is 0 Å². The predicted octanol–water partition coefficient (Wildman–Crippen LogP) is 3.38. The highest BCUT2D eigenvalue weighted by molar-refractivity contribution is 5.97. The van der Waals surface area contributed by atoms with E-state index >= 15 is 0 Å². The first-order chi connectivity index (χ1) is 9.06. The molecular weight excluding hydrogens is 234 g/mol. The monoisotopic (exact) mass is 245 g/mol. The first-order valence-electron chi connectivity index (χ1n) is 5.83. The molecule has 0 aliphatic heterocycles. The van der Waals surface area contributed by atoms with Gasteiger partial charge in [0.1, 0.15) is 18.2 Å². The highest BCUT2D eigenvalue weighted by atomic mass is 14.3. The van der Waals surface area contributed by atoms with Crippen LogP contribution in [0.4, 0.5) is 0 Å². The molecule has 0 unspecified atom stereocenters. The van der Waals surface area contributed by atoms with E-state index in [4.69, 9.17) is 0 Å². The summed E-state index contributed by atoms with van der Waals surface area (Å²) in [5, 5.41) is 29.4. The molecule has 0 saturated heterocycles. The molecule has 2 rings (SSSR count). The van der Waals surface area contributed by atoms with Crippen LogP contribution in [0.2, 0.25) is 0 Å². The Hall–Kier alpha value is -2.83. The molecule has 0 fully saturated rings. The summed E-state index contributed by atoms with van der Waals surface area (Å²) >= 11 is 0. The number of hydrogen-bond acceptors (Lipinski definition) is 3. The number of hydrogen-bond donors (Lipinski definition) is 0. The predicted molar refractivity (Wildman–Crippen MR) is 72.3 cm³/mol. The SMILES string of the molecule is Cc1ccc2c(C#N)c(C#N)c(C#N)c(C)c2c1C. The summed E-state index contributed by atoms with van der Waals surface area (Å²) in [6.45, 7) is 5.79. The molecule has 0 N–H and O–H groups in total. The first-order valence-corrected chi connectivity index (χ1v) is 5.83. The summed E-state index contributed by atoms with van der Waals surface area (Å²) in [6.07, 6.45) is 0. The maximum Gasteiger partial charge on any atom is 0.102 e. The molecule has 0 spiro atoms. The lowest BCUT2D eigenvalue weighted by Gasteiger charge is -2.13. The second-order valence-corrected chi connectivity index (χ2v) is 4.52. The average Bonchev–Trinajstić information content (AvgIpc) is 2.41. The number of nitrogens with zero attached hydrogens (tertiary/aromatic N) is 3. The Bertz CT molecular complexity index is 825. The molecule has 0 amide bonds. The fraction of sp³-hybridized carbons (Fsp3) is 0.188. The molecule has 0 saturated carbocycles. The number of fused-ring (bicyclic) bond motifs is 1. The second kappa shape index (κ2) is 4.45. The van der Waals surface area contributed by atoms with Crippen molar-refractivity contribution < 1.29 is 0 Å². The van der Waals surface area contributed by atoms with Gasteiger partial charge in [0.05, 0.1) is 16.7 Å². The number of rotatable bonds is 0. The van der Waals surface area contributed by atoms with Gasteiger partial charge >= 0.3 is 0 Å². The van der Waals surface area contributed by atoms with Crippen molar-refractivity contribution in [2.75, 3.05) is 0 Å². The Kier molecular flexibility index (Phi) is 2.95. The molecule has 3 nitrogen and oxygen atoms in total. The molecule has 0 atom stereocenters. The Labute approximate surface area is 111 Å². The number of benzene rings is 2. The van der Waals surface area contributed by atoms with E-state index in [2.05, 4.69) is 12.1 Å². The fourth-order valence-corrected chi connectivity index (χ4v) is 2.45. The van der Waals surface area contributed by atoms with Crippen LogP contribution in [0.15, 0.2) is 12.1 Å². The smallest absolute Gasteiger partial charge is 0.102 e. The molecule has 0 aromatic heterocycles. The standard InChI is InChI=1S/C16H11N3/c1-9-4-5-12-14(7-18)15(8-19)13(6-17)11(3)16(12)10(9)2/h4-5H,1-3H3. The Morgan fingerprint density at radius 1 is 0.737 bits per heavy atom. The van der Waals surface area contributed by atoms with Crippen molar-refractivity contribution in [3.8, 4) is 18.2 Å². The maximum absolute atomic E-state index is 9.31. The Balaban J connectivity index is 3.22.